The molecule has 2 amide bonds. The number of fused-ring (bicyclic) bond motifs is 2. The summed E-state index contributed by atoms with van der Waals surface area (Å²) in [7, 11) is -1.00. The highest BCUT2D eigenvalue weighted by Gasteiger charge is 2.54. The van der Waals surface area contributed by atoms with Gasteiger partial charge in [-0.1, -0.05) is 97.4 Å². The lowest BCUT2D eigenvalue weighted by Crippen LogP contribution is -2.34. The molecule has 0 aliphatic carbocycles. The standard InChI is InChI=1S/C20H20FN7O2.C19H17FIN7O2.CH3F.CH4/c1-3-20(26-27-22)12(2)16(21)17(30-20)14-9-10-15-18(23-11-24-28(14)15)25-19(29)13-7-5-4-6-8-13;1-11-15(20)16(30-19(11,9-21)26-27-22)13-7-8-14-17(23-10-24-28(13)14)25-18(29)12-5-3-2-4-6-12;1-2;/h4-12,16-17H,3H2,1-2H3,(H,23,24,25,29);2-8,10-11,15-16H,9H2,1H3,(H,23,24,25,29);1H3;1H4/t12-,16+,17-,20+;11-,15+,16-,19+;;/m00../s1/i;;1D;. The molecule has 2 N–H and O–H groups in total. The molecule has 8 atom stereocenters. The Morgan fingerprint density at radius 2 is 1.17 bits per heavy atom. The number of carbonyl (C=O) groups excluding carboxylic acids is 2. The van der Waals surface area contributed by atoms with Crippen LogP contribution in [-0.4, -0.2) is 76.4 Å². The number of azide groups is 2. The number of benzene rings is 2. The number of aromatic nitrogens is 6. The van der Waals surface area contributed by atoms with Crippen LogP contribution in [-0.2, 0) is 9.47 Å². The number of carbonyl (C=O) groups is 2. The van der Waals surface area contributed by atoms with Gasteiger partial charge < -0.3 is 20.1 Å². The number of hydrogen-bond donors (Lipinski definition) is 2. The molecule has 2 saturated heterocycles. The number of halogens is 4. The van der Waals surface area contributed by atoms with Crippen molar-refractivity contribution in [2.45, 2.75) is 70.6 Å². The maximum Gasteiger partial charge on any atom is 0.256 e. The summed E-state index contributed by atoms with van der Waals surface area (Å²) in [5, 5.41) is 21.4. The van der Waals surface area contributed by atoms with Gasteiger partial charge in [0.25, 0.3) is 11.8 Å². The Bertz CT molecular complexity index is 2470. The zero-order valence-corrected chi connectivity index (χ0v) is 35.5. The SMILES string of the molecule is C.CC[C@@]1(N=[N+]=[N-])O[C@@H](c2ccc3c(NC(=O)c4ccccc4)ncnn23)[C@H](F)[C@@H]1C.C[C@H]1[C@@H](F)[C@H](c2ccc3c(NC(=O)c4ccccc4)ncnn23)O[C@@]1(CI)N=[N+]=[N-].[2H]CF. The van der Waals surface area contributed by atoms with Crippen molar-refractivity contribution < 1.29 is 33.6 Å². The van der Waals surface area contributed by atoms with Gasteiger partial charge in [0.05, 0.1) is 19.9 Å². The summed E-state index contributed by atoms with van der Waals surface area (Å²) in [5.41, 5.74) is 18.2. The van der Waals surface area contributed by atoms with Crippen molar-refractivity contribution in [1.82, 2.24) is 29.2 Å². The number of rotatable bonds is 10. The fraction of sp³-hybridized carbons (Fsp3) is 0.366. The Morgan fingerprint density at radius 1 is 0.778 bits per heavy atom. The Morgan fingerprint density at radius 3 is 1.57 bits per heavy atom. The van der Waals surface area contributed by atoms with Gasteiger partial charge in [0, 0.05) is 37.2 Å². The van der Waals surface area contributed by atoms with Crippen LogP contribution in [0.3, 0.4) is 0 Å². The number of ether oxygens (including phenoxy) is 2. The number of anilines is 2. The molecule has 2 fully saturated rings. The molecule has 0 unspecified atom stereocenters. The number of amides is 2. The molecule has 6 heterocycles. The van der Waals surface area contributed by atoms with E-state index in [2.05, 4.69) is 50.9 Å². The first-order valence-electron chi connectivity index (χ1n) is 19.7. The van der Waals surface area contributed by atoms with Gasteiger partial charge in [0.1, 0.15) is 48.2 Å². The summed E-state index contributed by atoms with van der Waals surface area (Å²) in [4.78, 5) is 39.0. The van der Waals surface area contributed by atoms with Gasteiger partial charge in [-0.05, 0) is 66.0 Å². The highest BCUT2D eigenvalue weighted by Crippen LogP contribution is 2.49. The van der Waals surface area contributed by atoms with Gasteiger partial charge in [-0.3, -0.25) is 14.0 Å². The number of nitrogens with one attached hydrogen (secondary N) is 2. The van der Waals surface area contributed by atoms with Gasteiger partial charge in [0.2, 0.25) is 0 Å². The minimum atomic E-state index is -1.40. The van der Waals surface area contributed by atoms with Gasteiger partial charge >= 0.3 is 0 Å². The molecule has 2 aromatic carbocycles. The fourth-order valence-corrected chi connectivity index (χ4v) is 8.39. The smallest absolute Gasteiger partial charge is 0.256 e. The summed E-state index contributed by atoms with van der Waals surface area (Å²) >= 11 is 2.02. The zero-order chi connectivity index (χ0) is 45.3. The number of alkyl halides is 4. The van der Waals surface area contributed by atoms with Crippen LogP contribution in [0.5, 0.6) is 0 Å². The largest absolute Gasteiger partial charge is 0.356 e. The molecule has 0 radical (unpaired) electrons. The van der Waals surface area contributed by atoms with Crippen LogP contribution in [0.25, 0.3) is 31.9 Å². The highest BCUT2D eigenvalue weighted by atomic mass is 127. The van der Waals surface area contributed by atoms with Crippen molar-refractivity contribution in [1.29, 1.82) is 0 Å². The Labute approximate surface area is 374 Å². The van der Waals surface area contributed by atoms with E-state index in [1.165, 1.54) is 21.7 Å². The molecule has 8 rings (SSSR count). The maximum atomic E-state index is 15.2. The van der Waals surface area contributed by atoms with Crippen molar-refractivity contribution >= 4 is 57.1 Å². The summed E-state index contributed by atoms with van der Waals surface area (Å²) in [5.74, 6) is -1.32. The van der Waals surface area contributed by atoms with E-state index in [9.17, 15) is 14.0 Å². The van der Waals surface area contributed by atoms with Gasteiger partial charge in [-0.2, -0.15) is 10.2 Å². The Hall–Kier alpha value is -6.32. The summed E-state index contributed by atoms with van der Waals surface area (Å²) < 4.78 is 61.0. The second kappa shape index (κ2) is 20.7. The monoisotopic (exact) mass is 981 g/mol. The van der Waals surface area contributed by atoms with E-state index < -0.39 is 55.0 Å². The molecular formula is C41H44F3IN14O4. The molecule has 22 heteroatoms. The van der Waals surface area contributed by atoms with Crippen molar-refractivity contribution in [2.75, 3.05) is 22.2 Å². The first-order valence-corrected chi connectivity index (χ1v) is 20.5. The molecule has 63 heavy (non-hydrogen) atoms. The summed E-state index contributed by atoms with van der Waals surface area (Å²) in [6, 6.07) is 24.2. The minimum Gasteiger partial charge on any atom is -0.356 e. The molecule has 4 aromatic heterocycles. The molecular weight excluding hydrogens is 936 g/mol. The van der Waals surface area contributed by atoms with Crippen LogP contribution in [0.15, 0.2) is 108 Å². The minimum absolute atomic E-state index is 0. The highest BCUT2D eigenvalue weighted by molar-refractivity contribution is 14.1. The molecule has 0 bridgehead atoms. The third-order valence-corrected chi connectivity index (χ3v) is 11.9. The molecule has 330 valence electrons. The lowest BCUT2D eigenvalue weighted by Gasteiger charge is -2.25. The van der Waals surface area contributed by atoms with Crippen LogP contribution in [0.2, 0.25) is 0 Å². The van der Waals surface area contributed by atoms with Gasteiger partial charge in [-0.25, -0.2) is 27.8 Å². The first kappa shape index (κ1) is 46.2. The van der Waals surface area contributed by atoms with Crippen molar-refractivity contribution in [3.8, 4) is 0 Å². The van der Waals surface area contributed by atoms with Crippen molar-refractivity contribution in [3.05, 3.63) is 141 Å². The average Bonchev–Trinajstić information content (AvgIpc) is 4.06. The second-order valence-corrected chi connectivity index (χ2v) is 14.8. The Kier molecular flexibility index (Phi) is 15.2. The summed E-state index contributed by atoms with van der Waals surface area (Å²) in [6.45, 7) is 5.11. The van der Waals surface area contributed by atoms with Crippen molar-refractivity contribution in [2.24, 2.45) is 22.1 Å². The van der Waals surface area contributed by atoms with E-state index in [-0.39, 0.29) is 19.2 Å². The predicted molar refractivity (Wildman–Crippen MR) is 237 cm³/mol. The van der Waals surface area contributed by atoms with Gasteiger partial charge in [0.15, 0.2) is 23.1 Å². The van der Waals surface area contributed by atoms with Gasteiger partial charge in [-0.15, -0.1) is 0 Å². The van der Waals surface area contributed by atoms with Crippen LogP contribution in [0, 0.1) is 11.8 Å². The van der Waals surface area contributed by atoms with Crippen molar-refractivity contribution in [3.63, 3.8) is 0 Å². The normalized spacial score (nSPS) is 24.8. The molecule has 2 aliphatic rings. The van der Waals surface area contributed by atoms with E-state index in [1.54, 1.807) is 93.6 Å². The van der Waals surface area contributed by atoms with E-state index in [0.29, 0.717) is 56.0 Å². The predicted octanol–water partition coefficient (Wildman–Crippen LogP) is 10.1. The molecule has 2 aliphatic heterocycles. The van der Waals surface area contributed by atoms with Crippen LogP contribution < -0.4 is 10.6 Å². The first-order chi connectivity index (χ1) is 30.4. The van der Waals surface area contributed by atoms with E-state index in [0.717, 1.165) is 0 Å². The number of hydrogen-bond acceptors (Lipinski definition) is 10. The molecule has 0 spiro atoms. The lowest BCUT2D eigenvalue weighted by molar-refractivity contribution is -0.0592. The van der Waals surface area contributed by atoms with E-state index in [1.807, 2.05) is 34.7 Å². The quantitative estimate of drug-likeness (QED) is 0.0439. The topological polar surface area (TPSA) is 235 Å². The maximum absolute atomic E-state index is 15.2. The van der Waals surface area contributed by atoms with E-state index in [4.69, 9.17) is 21.9 Å². The van der Waals surface area contributed by atoms with Crippen LogP contribution in [0.1, 0.15) is 80.3 Å². The average molecular weight is 982 g/mol. The third-order valence-electron chi connectivity index (χ3n) is 10.8. The Balaban J connectivity index is 0.000000224. The van der Waals surface area contributed by atoms with Crippen LogP contribution in [0.4, 0.5) is 24.8 Å². The van der Waals surface area contributed by atoms with E-state index >= 15 is 8.78 Å². The zero-order valence-electron chi connectivity index (χ0n) is 34.3. The third kappa shape index (κ3) is 9.25. The molecule has 6 aromatic rings. The number of nitrogens with zero attached hydrogens (tertiary/aromatic N) is 12. The van der Waals surface area contributed by atoms with Crippen LogP contribution >= 0.6 is 22.6 Å². The molecule has 18 nitrogen and oxygen atoms in total. The molecule has 0 saturated carbocycles. The fourth-order valence-electron chi connectivity index (χ4n) is 7.36. The summed E-state index contributed by atoms with van der Waals surface area (Å²) in [6.07, 6.45) is -1.85. The second-order valence-electron chi connectivity index (χ2n) is 14.1. The lowest BCUT2D eigenvalue weighted by atomic mass is 9.92.